The summed E-state index contributed by atoms with van der Waals surface area (Å²) in [5.41, 5.74) is 1.44. The summed E-state index contributed by atoms with van der Waals surface area (Å²) in [6.45, 7) is 2.28. The largest absolute Gasteiger partial charge is 2.00 e. The first-order valence-electron chi connectivity index (χ1n) is 14.1. The van der Waals surface area contributed by atoms with Crippen LogP contribution in [-0.2, 0) is 17.1 Å². The van der Waals surface area contributed by atoms with E-state index in [1.165, 1.54) is 37.4 Å². The summed E-state index contributed by atoms with van der Waals surface area (Å²) in [4.78, 5) is 2.28. The molecule has 6 aromatic carbocycles. The van der Waals surface area contributed by atoms with E-state index in [1.54, 1.807) is 0 Å². The molecule has 0 saturated heterocycles. The molecule has 0 heterocycles. The van der Waals surface area contributed by atoms with E-state index in [-0.39, 0.29) is 17.1 Å². The Balaban J connectivity index is 0.000000193. The SMILES string of the molecule is CC(c1cc[cH-]c1P(c1ccccc1)c1ccccc1)N(C)C.[Fe+2].c1ccc(P(c2ccccc2)c2ccc[cH-]2)cc1. The molecule has 0 amide bonds. The Morgan fingerprint density at radius 3 is 1.31 bits per heavy atom. The number of hydrogen-bond acceptors (Lipinski definition) is 1. The van der Waals surface area contributed by atoms with Gasteiger partial charge in [-0.1, -0.05) is 128 Å². The molecule has 212 valence electrons. The van der Waals surface area contributed by atoms with Gasteiger partial charge in [-0.2, -0.15) is 29.8 Å². The van der Waals surface area contributed by atoms with Crippen LogP contribution in [0.3, 0.4) is 0 Å². The van der Waals surface area contributed by atoms with Crippen molar-refractivity contribution in [2.45, 2.75) is 13.0 Å². The number of rotatable bonds is 8. The Labute approximate surface area is 265 Å². The molecule has 1 nitrogen and oxygen atoms in total. The zero-order chi connectivity index (χ0) is 28.4. The van der Waals surface area contributed by atoms with Crippen LogP contribution in [0.5, 0.6) is 0 Å². The summed E-state index contributed by atoms with van der Waals surface area (Å²) in [7, 11) is 3.37. The van der Waals surface area contributed by atoms with Crippen molar-refractivity contribution in [2.75, 3.05) is 14.1 Å². The minimum absolute atomic E-state index is 0. The predicted octanol–water partition coefficient (Wildman–Crippen LogP) is 6.95. The summed E-state index contributed by atoms with van der Waals surface area (Å²) in [6.07, 6.45) is 0. The molecule has 4 heteroatoms. The van der Waals surface area contributed by atoms with Crippen LogP contribution in [0.1, 0.15) is 18.5 Å². The maximum Gasteiger partial charge on any atom is 2.00 e. The van der Waals surface area contributed by atoms with Crippen LogP contribution in [0.25, 0.3) is 0 Å². The molecule has 0 bridgehead atoms. The van der Waals surface area contributed by atoms with Gasteiger partial charge in [0.25, 0.3) is 0 Å². The van der Waals surface area contributed by atoms with E-state index in [1.807, 2.05) is 0 Å². The van der Waals surface area contributed by atoms with E-state index < -0.39 is 15.8 Å². The van der Waals surface area contributed by atoms with Crippen molar-refractivity contribution in [1.29, 1.82) is 0 Å². The molecule has 6 rings (SSSR count). The number of hydrogen-bond donors (Lipinski definition) is 0. The van der Waals surface area contributed by atoms with Gasteiger partial charge in [0.1, 0.15) is 0 Å². The second-order valence-electron chi connectivity index (χ2n) is 10.2. The van der Waals surface area contributed by atoms with Gasteiger partial charge < -0.3 is 4.90 Å². The Kier molecular flexibility index (Phi) is 12.1. The van der Waals surface area contributed by atoms with E-state index in [4.69, 9.17) is 0 Å². The fourth-order valence-electron chi connectivity index (χ4n) is 4.96. The summed E-state index contributed by atoms with van der Waals surface area (Å²) in [6, 6.07) is 59.3. The fraction of sp³-hybridized carbons (Fsp3) is 0.105. The second-order valence-corrected chi connectivity index (χ2v) is 14.6. The zero-order valence-corrected chi connectivity index (χ0v) is 27.3. The predicted molar refractivity (Wildman–Crippen MR) is 184 cm³/mol. The van der Waals surface area contributed by atoms with E-state index in [9.17, 15) is 0 Å². The third kappa shape index (κ3) is 7.85. The minimum Gasteiger partial charge on any atom is -0.315 e. The monoisotopic (exact) mass is 625 g/mol. The summed E-state index contributed by atoms with van der Waals surface area (Å²) in [5, 5.41) is 8.52. The van der Waals surface area contributed by atoms with Crippen LogP contribution in [-0.4, -0.2) is 19.0 Å². The van der Waals surface area contributed by atoms with Gasteiger partial charge in [0, 0.05) is 0 Å². The van der Waals surface area contributed by atoms with Crippen LogP contribution in [0.2, 0.25) is 0 Å². The number of benzene rings is 4. The van der Waals surface area contributed by atoms with E-state index in [0.717, 1.165) is 0 Å². The van der Waals surface area contributed by atoms with E-state index in [2.05, 4.69) is 190 Å². The van der Waals surface area contributed by atoms with Crippen LogP contribution in [0.4, 0.5) is 0 Å². The van der Waals surface area contributed by atoms with E-state index in [0.29, 0.717) is 6.04 Å². The van der Waals surface area contributed by atoms with Crippen LogP contribution in [0.15, 0.2) is 164 Å². The normalized spacial score (nSPS) is 11.6. The maximum atomic E-state index is 2.31. The third-order valence-electron chi connectivity index (χ3n) is 7.25. The van der Waals surface area contributed by atoms with Gasteiger partial charge in [0.15, 0.2) is 0 Å². The molecule has 0 saturated carbocycles. The van der Waals surface area contributed by atoms with Crippen molar-refractivity contribution < 1.29 is 17.1 Å². The first-order chi connectivity index (χ1) is 20.1. The van der Waals surface area contributed by atoms with Crippen LogP contribution < -0.4 is 31.8 Å². The van der Waals surface area contributed by atoms with Gasteiger partial charge in [-0.15, -0.1) is 10.6 Å². The average Bonchev–Trinajstić information content (AvgIpc) is 3.73. The summed E-state index contributed by atoms with van der Waals surface area (Å²) < 4.78 is 0. The third-order valence-corrected chi connectivity index (χ3v) is 12.2. The van der Waals surface area contributed by atoms with Crippen LogP contribution >= 0.6 is 15.8 Å². The van der Waals surface area contributed by atoms with Gasteiger partial charge >= 0.3 is 17.1 Å². The molecular weight excluding hydrogens is 588 g/mol. The Bertz CT molecular complexity index is 1490. The standard InChI is InChI=1S/C21H23NP.C17H14P.Fe/c1-17(22(2)3)20-15-10-16-21(20)23(18-11-6-4-7-12-18)19-13-8-5-9-14-19;1-3-9-15(10-4-1)18(17-13-7-8-14-17)16-11-5-2-6-12-16;/h4-17H,1-3H3;1-14H;/q2*-1;+2. The molecule has 0 radical (unpaired) electrons. The maximum absolute atomic E-state index is 2.31. The fourth-order valence-corrected chi connectivity index (χ4v) is 9.81. The Hall–Kier alpha value is -3.08. The molecule has 0 aromatic heterocycles. The molecule has 1 unspecified atom stereocenters. The molecular formula is C38H37FeNP2. The first kappa shape index (κ1) is 31.8. The van der Waals surface area contributed by atoms with E-state index >= 15 is 0 Å². The zero-order valence-electron chi connectivity index (χ0n) is 24.4. The molecule has 1 atom stereocenters. The van der Waals surface area contributed by atoms with Gasteiger partial charge in [0.05, 0.1) is 0 Å². The van der Waals surface area contributed by atoms with Gasteiger partial charge in [-0.25, -0.2) is 18.2 Å². The van der Waals surface area contributed by atoms with Gasteiger partial charge in [-0.05, 0) is 57.2 Å². The van der Waals surface area contributed by atoms with Crippen molar-refractivity contribution >= 4 is 47.7 Å². The van der Waals surface area contributed by atoms with Crippen molar-refractivity contribution in [3.8, 4) is 0 Å². The summed E-state index contributed by atoms with van der Waals surface area (Å²) >= 11 is 0. The molecule has 0 aliphatic carbocycles. The minimum atomic E-state index is -0.514. The van der Waals surface area contributed by atoms with Crippen molar-refractivity contribution in [2.24, 2.45) is 0 Å². The molecule has 0 N–H and O–H groups in total. The average molecular weight is 626 g/mol. The topological polar surface area (TPSA) is 3.24 Å². The summed E-state index contributed by atoms with van der Waals surface area (Å²) in [5.74, 6) is 0. The smallest absolute Gasteiger partial charge is 0.315 e. The molecule has 0 fully saturated rings. The van der Waals surface area contributed by atoms with Crippen molar-refractivity contribution in [3.63, 3.8) is 0 Å². The quantitative estimate of drug-likeness (QED) is 0.101. The number of nitrogens with zero attached hydrogens (tertiary/aromatic N) is 1. The molecule has 0 spiro atoms. The van der Waals surface area contributed by atoms with Crippen molar-refractivity contribution in [3.05, 3.63) is 169 Å². The molecule has 42 heavy (non-hydrogen) atoms. The molecule has 0 aliphatic heterocycles. The van der Waals surface area contributed by atoms with Gasteiger partial charge in [0.2, 0.25) is 0 Å². The van der Waals surface area contributed by atoms with Crippen molar-refractivity contribution in [1.82, 2.24) is 4.90 Å². The second kappa shape index (κ2) is 16.0. The molecule has 6 aromatic rings. The van der Waals surface area contributed by atoms with Crippen LogP contribution in [0, 0.1) is 0 Å². The Morgan fingerprint density at radius 2 is 0.929 bits per heavy atom. The first-order valence-corrected chi connectivity index (χ1v) is 16.8. The van der Waals surface area contributed by atoms with Gasteiger partial charge in [-0.3, -0.25) is 0 Å². The Morgan fingerprint density at radius 1 is 0.500 bits per heavy atom. The molecule has 0 aliphatic rings.